The molecule has 3 fully saturated rings. The number of nitrogens with two attached hydrogens (primary N) is 1. The summed E-state index contributed by atoms with van der Waals surface area (Å²) in [7, 11) is 0. The Morgan fingerprint density at radius 3 is 2.88 bits per heavy atom. The topological polar surface area (TPSA) is 98.9 Å². The van der Waals surface area contributed by atoms with Gasteiger partial charge in [0.05, 0.1) is 6.10 Å². The Balaban J connectivity index is 1.69. The maximum absolute atomic E-state index is 12.4. The molecule has 136 valence electrons. The van der Waals surface area contributed by atoms with E-state index in [9.17, 15) is 14.7 Å². The molecular weight excluding hydrogens is 330 g/mol. The molecule has 6 nitrogen and oxygen atoms in total. The summed E-state index contributed by atoms with van der Waals surface area (Å²) in [6.45, 7) is 5.67. The molecule has 7 atom stereocenters. The van der Waals surface area contributed by atoms with E-state index in [0.29, 0.717) is 5.75 Å². The van der Waals surface area contributed by atoms with Gasteiger partial charge in [-0.15, -0.1) is 0 Å². The number of aliphatic hydroxyl groups is 1. The van der Waals surface area contributed by atoms with Crippen LogP contribution in [0.4, 0.5) is 0 Å². The highest BCUT2D eigenvalue weighted by Crippen LogP contribution is 2.58. The molecule has 0 spiro atoms. The number of carbonyl (C=O) groups excluding carboxylic acids is 2. The molecule has 2 saturated carbocycles. The molecule has 0 amide bonds. The van der Waals surface area contributed by atoms with Gasteiger partial charge in [-0.3, -0.25) is 9.59 Å². The first kappa shape index (κ1) is 18.0. The summed E-state index contributed by atoms with van der Waals surface area (Å²) in [4.78, 5) is 24.2. The lowest BCUT2D eigenvalue weighted by Gasteiger charge is -2.44. The van der Waals surface area contributed by atoms with E-state index in [1.54, 1.807) is 13.8 Å². The Bertz CT molecular complexity index is 527. The minimum Gasteiger partial charge on any atom is -0.462 e. The molecule has 3 aliphatic rings. The SMILES string of the molecule is CC(C)OC(=O)[C@@H](N)CS[C@H]1C2C(=O)O[C@@H]3CC[C@H](C[C@@H]1C)[C@]23O. The van der Waals surface area contributed by atoms with Crippen molar-refractivity contribution < 1.29 is 24.2 Å². The van der Waals surface area contributed by atoms with Crippen LogP contribution < -0.4 is 5.73 Å². The van der Waals surface area contributed by atoms with E-state index in [0.717, 1.165) is 19.3 Å². The summed E-state index contributed by atoms with van der Waals surface area (Å²) in [6, 6.07) is -0.728. The number of esters is 2. The first-order chi connectivity index (χ1) is 11.2. The summed E-state index contributed by atoms with van der Waals surface area (Å²) < 4.78 is 10.6. The standard InChI is InChI=1S/C17H27NO5S/c1-8(2)22-15(19)11(18)7-24-14-9(3)6-10-4-5-12-17(10,21)13(14)16(20)23-12/h8-14,21H,4-7,18H2,1-3H3/t9-,10+,11-,12+,13?,14+,17+/m0/s1. The van der Waals surface area contributed by atoms with Crippen molar-refractivity contribution in [1.82, 2.24) is 0 Å². The van der Waals surface area contributed by atoms with E-state index in [4.69, 9.17) is 15.2 Å². The molecule has 0 aromatic heterocycles. The van der Waals surface area contributed by atoms with Crippen molar-refractivity contribution >= 4 is 23.7 Å². The van der Waals surface area contributed by atoms with Gasteiger partial charge < -0.3 is 20.3 Å². The van der Waals surface area contributed by atoms with E-state index in [2.05, 4.69) is 6.92 Å². The minimum atomic E-state index is -1.04. The summed E-state index contributed by atoms with van der Waals surface area (Å²) in [6.07, 6.45) is 1.97. The van der Waals surface area contributed by atoms with Crippen LogP contribution >= 0.6 is 11.8 Å². The first-order valence-corrected chi connectivity index (χ1v) is 9.80. The third-order valence-electron chi connectivity index (χ3n) is 5.63. The van der Waals surface area contributed by atoms with Crippen LogP contribution in [0.15, 0.2) is 0 Å². The van der Waals surface area contributed by atoms with Gasteiger partial charge in [-0.2, -0.15) is 11.8 Å². The maximum Gasteiger partial charge on any atom is 0.324 e. The summed E-state index contributed by atoms with van der Waals surface area (Å²) in [5, 5.41) is 11.1. The van der Waals surface area contributed by atoms with Gasteiger partial charge in [-0.1, -0.05) is 6.92 Å². The normalized spacial score (nSPS) is 41.9. The van der Waals surface area contributed by atoms with E-state index in [1.165, 1.54) is 11.8 Å². The van der Waals surface area contributed by atoms with Crippen molar-refractivity contribution in [3.63, 3.8) is 0 Å². The molecule has 2 aliphatic carbocycles. The fraction of sp³-hybridized carbons (Fsp3) is 0.882. The van der Waals surface area contributed by atoms with Gasteiger partial charge in [0, 0.05) is 11.0 Å². The van der Waals surface area contributed by atoms with Crippen molar-refractivity contribution in [2.24, 2.45) is 23.5 Å². The zero-order valence-corrected chi connectivity index (χ0v) is 15.3. The average molecular weight is 357 g/mol. The molecule has 1 heterocycles. The average Bonchev–Trinajstić information content (AvgIpc) is 2.93. The maximum atomic E-state index is 12.4. The third kappa shape index (κ3) is 2.84. The largest absolute Gasteiger partial charge is 0.462 e. The monoisotopic (exact) mass is 357 g/mol. The van der Waals surface area contributed by atoms with Gasteiger partial charge >= 0.3 is 11.9 Å². The van der Waals surface area contributed by atoms with Gasteiger partial charge in [0.25, 0.3) is 0 Å². The van der Waals surface area contributed by atoms with Crippen LogP contribution in [0.2, 0.25) is 0 Å². The predicted molar refractivity (Wildman–Crippen MR) is 90.3 cm³/mol. The van der Waals surface area contributed by atoms with Crippen molar-refractivity contribution in [2.75, 3.05) is 5.75 Å². The van der Waals surface area contributed by atoms with Crippen molar-refractivity contribution in [1.29, 1.82) is 0 Å². The Kier molecular flexibility index (Phi) is 4.88. The van der Waals surface area contributed by atoms with Crippen LogP contribution in [0, 0.1) is 17.8 Å². The highest BCUT2D eigenvalue weighted by Gasteiger charge is 2.68. The molecule has 1 aliphatic heterocycles. The lowest BCUT2D eigenvalue weighted by molar-refractivity contribution is -0.148. The third-order valence-corrected chi connectivity index (χ3v) is 7.30. The lowest BCUT2D eigenvalue weighted by Crippen LogP contribution is -2.55. The number of carbonyl (C=O) groups is 2. The highest BCUT2D eigenvalue weighted by molar-refractivity contribution is 8.00. The molecule has 24 heavy (non-hydrogen) atoms. The van der Waals surface area contributed by atoms with E-state index in [-0.39, 0.29) is 35.3 Å². The smallest absolute Gasteiger partial charge is 0.324 e. The Hall–Kier alpha value is -0.790. The van der Waals surface area contributed by atoms with Gasteiger partial charge in [0.2, 0.25) is 0 Å². The Morgan fingerprint density at radius 1 is 1.50 bits per heavy atom. The second-order valence-corrected chi connectivity index (χ2v) is 8.88. The van der Waals surface area contributed by atoms with Crippen LogP contribution in [0.1, 0.15) is 40.0 Å². The summed E-state index contributed by atoms with van der Waals surface area (Å²) >= 11 is 1.49. The molecule has 0 aromatic rings. The molecule has 1 unspecified atom stereocenters. The number of thioether (sulfide) groups is 1. The van der Waals surface area contributed by atoms with Gasteiger partial charge in [0.15, 0.2) is 0 Å². The second kappa shape index (κ2) is 6.50. The molecule has 7 heteroatoms. The van der Waals surface area contributed by atoms with E-state index >= 15 is 0 Å². The highest BCUT2D eigenvalue weighted by atomic mass is 32.2. The fourth-order valence-corrected chi connectivity index (χ4v) is 6.09. The summed E-state index contributed by atoms with van der Waals surface area (Å²) in [5.74, 6) is -0.472. The fourth-order valence-electron chi connectivity index (χ4n) is 4.57. The van der Waals surface area contributed by atoms with Crippen LogP contribution in [0.3, 0.4) is 0 Å². The lowest BCUT2D eigenvalue weighted by atomic mass is 9.66. The zero-order chi connectivity index (χ0) is 17.6. The van der Waals surface area contributed by atoms with Crippen LogP contribution in [-0.4, -0.2) is 51.9 Å². The molecular formula is C17H27NO5S. The predicted octanol–water partition coefficient (Wildman–Crippen LogP) is 1.09. The van der Waals surface area contributed by atoms with Gasteiger partial charge in [-0.25, -0.2) is 0 Å². The number of ether oxygens (including phenoxy) is 2. The van der Waals surface area contributed by atoms with Crippen molar-refractivity contribution in [3.8, 4) is 0 Å². The number of hydrogen-bond donors (Lipinski definition) is 2. The number of rotatable bonds is 5. The molecule has 0 radical (unpaired) electrons. The Morgan fingerprint density at radius 2 is 2.21 bits per heavy atom. The molecule has 1 saturated heterocycles. The molecule has 0 bridgehead atoms. The van der Waals surface area contributed by atoms with Crippen molar-refractivity contribution in [3.05, 3.63) is 0 Å². The minimum absolute atomic E-state index is 0.0836. The second-order valence-electron chi connectivity index (χ2n) is 7.67. The number of hydrogen-bond acceptors (Lipinski definition) is 7. The van der Waals surface area contributed by atoms with Gasteiger partial charge in [-0.05, 0) is 44.9 Å². The zero-order valence-electron chi connectivity index (χ0n) is 14.4. The van der Waals surface area contributed by atoms with Crippen LogP contribution in [-0.2, 0) is 19.1 Å². The molecule has 0 aromatic carbocycles. The molecule has 3 N–H and O–H groups in total. The van der Waals surface area contributed by atoms with Crippen LogP contribution in [0.25, 0.3) is 0 Å². The quantitative estimate of drug-likeness (QED) is 0.711. The van der Waals surface area contributed by atoms with Gasteiger partial charge in [0.1, 0.15) is 23.7 Å². The van der Waals surface area contributed by atoms with E-state index < -0.39 is 23.5 Å². The molecule has 3 rings (SSSR count). The van der Waals surface area contributed by atoms with Crippen molar-refractivity contribution in [2.45, 2.75) is 69.1 Å². The van der Waals surface area contributed by atoms with E-state index in [1.807, 2.05) is 0 Å². The summed E-state index contributed by atoms with van der Waals surface area (Å²) in [5.41, 5.74) is 4.89. The first-order valence-electron chi connectivity index (χ1n) is 8.75. The Labute approximate surface area is 146 Å². The van der Waals surface area contributed by atoms with Crippen LogP contribution in [0.5, 0.6) is 0 Å².